The molecule has 1 saturated heterocycles. The van der Waals surface area contributed by atoms with E-state index in [1.54, 1.807) is 19.0 Å². The highest BCUT2D eigenvalue weighted by molar-refractivity contribution is 14.0. The van der Waals surface area contributed by atoms with Gasteiger partial charge in [0.25, 0.3) is 0 Å². The number of hydrogen-bond donors (Lipinski definition) is 2. The highest BCUT2D eigenvalue weighted by atomic mass is 127. The number of amides is 1. The van der Waals surface area contributed by atoms with Crippen LogP contribution in [0.5, 0.6) is 0 Å². The van der Waals surface area contributed by atoms with Crippen molar-refractivity contribution in [1.29, 1.82) is 0 Å². The third kappa shape index (κ3) is 8.19. The Morgan fingerprint density at radius 3 is 2.30 bits per heavy atom. The van der Waals surface area contributed by atoms with Crippen LogP contribution in [0.3, 0.4) is 0 Å². The van der Waals surface area contributed by atoms with E-state index in [1.165, 1.54) is 32.4 Å². The van der Waals surface area contributed by atoms with E-state index in [9.17, 15) is 4.79 Å². The largest absolute Gasteiger partial charge is 0.357 e. The van der Waals surface area contributed by atoms with Gasteiger partial charge < -0.3 is 15.5 Å². The molecule has 0 aromatic carbocycles. The number of rotatable bonds is 6. The molecule has 136 valence electrons. The van der Waals surface area contributed by atoms with E-state index in [-0.39, 0.29) is 42.0 Å². The number of nitrogens with one attached hydrogen (secondary N) is 2. The number of likely N-dealkylation sites (N-methyl/N-ethyl adjacent to an activating group) is 1. The molecule has 2 N–H and O–H groups in total. The zero-order valence-electron chi connectivity index (χ0n) is 15.3. The second-order valence-electron chi connectivity index (χ2n) is 6.70. The molecule has 6 nitrogen and oxygen atoms in total. The minimum Gasteiger partial charge on any atom is -0.357 e. The van der Waals surface area contributed by atoms with Crippen molar-refractivity contribution in [2.75, 3.05) is 46.8 Å². The molecule has 1 amide bonds. The third-order valence-corrected chi connectivity index (χ3v) is 4.12. The van der Waals surface area contributed by atoms with E-state index in [0.717, 1.165) is 13.1 Å². The zero-order chi connectivity index (χ0) is 16.6. The van der Waals surface area contributed by atoms with E-state index in [2.05, 4.69) is 34.4 Å². The van der Waals surface area contributed by atoms with Gasteiger partial charge in [-0.25, -0.2) is 4.99 Å². The van der Waals surface area contributed by atoms with E-state index in [4.69, 9.17) is 0 Å². The van der Waals surface area contributed by atoms with E-state index < -0.39 is 0 Å². The standard InChI is InChI=1S/C16H33N5O.HI/c1-6-17-15(18-12-14(22)20(4)5)19-13-16(2,3)21-10-8-7-9-11-21;/h6-13H2,1-5H3,(H2,17,18,19);1H. The maximum absolute atomic E-state index is 11.7. The first-order valence-electron chi connectivity index (χ1n) is 8.34. The van der Waals surface area contributed by atoms with E-state index in [1.807, 2.05) is 6.92 Å². The van der Waals surface area contributed by atoms with Crippen molar-refractivity contribution >= 4 is 35.8 Å². The molecule has 0 radical (unpaired) electrons. The molecule has 1 aliphatic rings. The fourth-order valence-corrected chi connectivity index (χ4v) is 2.54. The first kappa shape index (κ1) is 22.4. The van der Waals surface area contributed by atoms with Crippen molar-refractivity contribution in [2.24, 2.45) is 4.99 Å². The maximum atomic E-state index is 11.7. The lowest BCUT2D eigenvalue weighted by Gasteiger charge is -2.41. The highest BCUT2D eigenvalue weighted by Gasteiger charge is 2.27. The Kier molecular flexibility index (Phi) is 10.8. The van der Waals surface area contributed by atoms with Crippen molar-refractivity contribution < 1.29 is 4.79 Å². The van der Waals surface area contributed by atoms with Gasteiger partial charge >= 0.3 is 0 Å². The number of piperidine rings is 1. The van der Waals surface area contributed by atoms with Gasteiger partial charge in [0.2, 0.25) is 5.91 Å². The fraction of sp³-hybridized carbons (Fsp3) is 0.875. The molecule has 0 spiro atoms. The molecule has 0 unspecified atom stereocenters. The van der Waals surface area contributed by atoms with Crippen LogP contribution >= 0.6 is 24.0 Å². The number of aliphatic imine (C=N–C) groups is 1. The smallest absolute Gasteiger partial charge is 0.243 e. The van der Waals surface area contributed by atoms with Crippen molar-refractivity contribution in [1.82, 2.24) is 20.4 Å². The number of hydrogen-bond acceptors (Lipinski definition) is 3. The van der Waals surface area contributed by atoms with Crippen molar-refractivity contribution in [2.45, 2.75) is 45.6 Å². The molecule has 1 rings (SSSR count). The number of carbonyl (C=O) groups is 1. The Bertz CT molecular complexity index is 379. The quantitative estimate of drug-likeness (QED) is 0.374. The number of halogens is 1. The molecule has 0 saturated carbocycles. The van der Waals surface area contributed by atoms with E-state index in [0.29, 0.717) is 5.96 Å². The molecule has 0 aliphatic carbocycles. The summed E-state index contributed by atoms with van der Waals surface area (Å²) in [6.07, 6.45) is 3.92. The normalized spacial score (nSPS) is 16.5. The summed E-state index contributed by atoms with van der Waals surface area (Å²) in [5.74, 6) is 0.718. The second-order valence-corrected chi connectivity index (χ2v) is 6.70. The lowest BCUT2D eigenvalue weighted by Crippen LogP contribution is -2.55. The van der Waals surface area contributed by atoms with Crippen LogP contribution in [0, 0.1) is 0 Å². The highest BCUT2D eigenvalue weighted by Crippen LogP contribution is 2.19. The van der Waals surface area contributed by atoms with Crippen LogP contribution in [0.4, 0.5) is 0 Å². The summed E-state index contributed by atoms with van der Waals surface area (Å²) in [7, 11) is 3.50. The van der Waals surface area contributed by atoms with Crippen LogP contribution in [0.2, 0.25) is 0 Å². The number of nitrogens with zero attached hydrogens (tertiary/aromatic N) is 3. The van der Waals surface area contributed by atoms with Gasteiger partial charge in [-0.2, -0.15) is 0 Å². The molecule has 0 aromatic heterocycles. The predicted octanol–water partition coefficient (Wildman–Crippen LogP) is 1.51. The Balaban J connectivity index is 0.00000484. The second kappa shape index (κ2) is 11.1. The molecule has 0 bridgehead atoms. The SMILES string of the molecule is CCNC(=NCC(=O)N(C)C)NCC(C)(C)N1CCCCC1.I. The van der Waals surface area contributed by atoms with E-state index >= 15 is 0 Å². The van der Waals surface area contributed by atoms with Gasteiger partial charge in [-0.3, -0.25) is 9.69 Å². The van der Waals surface area contributed by atoms with Gasteiger partial charge in [0.1, 0.15) is 6.54 Å². The predicted molar refractivity (Wildman–Crippen MR) is 108 cm³/mol. The molecule has 1 fully saturated rings. The van der Waals surface area contributed by atoms with Gasteiger partial charge in [0, 0.05) is 32.7 Å². The summed E-state index contributed by atoms with van der Waals surface area (Å²) in [6, 6.07) is 0. The summed E-state index contributed by atoms with van der Waals surface area (Å²) < 4.78 is 0. The molecular weight excluding hydrogens is 405 g/mol. The van der Waals surface area contributed by atoms with Crippen LogP contribution in [0.1, 0.15) is 40.0 Å². The number of likely N-dealkylation sites (tertiary alicyclic amines) is 1. The van der Waals surface area contributed by atoms with Crippen molar-refractivity contribution in [3.05, 3.63) is 0 Å². The van der Waals surface area contributed by atoms with Gasteiger partial charge in [-0.15, -0.1) is 24.0 Å². The Labute approximate surface area is 158 Å². The van der Waals surface area contributed by atoms with Crippen molar-refractivity contribution in [3.63, 3.8) is 0 Å². The lowest BCUT2D eigenvalue weighted by molar-refractivity contribution is -0.127. The third-order valence-electron chi connectivity index (χ3n) is 4.12. The lowest BCUT2D eigenvalue weighted by atomic mass is 9.98. The van der Waals surface area contributed by atoms with Crippen LogP contribution in [-0.2, 0) is 4.79 Å². The molecule has 0 atom stereocenters. The average Bonchev–Trinajstić information content (AvgIpc) is 2.50. The molecule has 7 heteroatoms. The maximum Gasteiger partial charge on any atom is 0.243 e. The summed E-state index contributed by atoms with van der Waals surface area (Å²) in [5, 5.41) is 6.58. The number of guanidine groups is 1. The summed E-state index contributed by atoms with van der Waals surface area (Å²) in [6.45, 7) is 10.7. The summed E-state index contributed by atoms with van der Waals surface area (Å²) in [5.41, 5.74) is 0.0855. The van der Waals surface area contributed by atoms with Gasteiger partial charge in [0.05, 0.1) is 0 Å². The first-order valence-corrected chi connectivity index (χ1v) is 8.34. The average molecular weight is 439 g/mol. The molecular formula is C16H34IN5O. The van der Waals surface area contributed by atoms with Crippen LogP contribution < -0.4 is 10.6 Å². The van der Waals surface area contributed by atoms with Gasteiger partial charge in [-0.1, -0.05) is 6.42 Å². The minimum atomic E-state index is 0. The van der Waals surface area contributed by atoms with Gasteiger partial charge in [-0.05, 0) is 46.7 Å². The van der Waals surface area contributed by atoms with Gasteiger partial charge in [0.15, 0.2) is 5.96 Å². The zero-order valence-corrected chi connectivity index (χ0v) is 17.6. The molecule has 1 heterocycles. The topological polar surface area (TPSA) is 60.0 Å². The monoisotopic (exact) mass is 439 g/mol. The summed E-state index contributed by atoms with van der Waals surface area (Å²) >= 11 is 0. The Hall–Kier alpha value is -0.570. The van der Waals surface area contributed by atoms with Crippen LogP contribution in [0.25, 0.3) is 0 Å². The minimum absolute atomic E-state index is 0. The summed E-state index contributed by atoms with van der Waals surface area (Å²) in [4.78, 5) is 20.1. The fourth-order valence-electron chi connectivity index (χ4n) is 2.54. The molecule has 0 aromatic rings. The van der Waals surface area contributed by atoms with Crippen LogP contribution in [0.15, 0.2) is 4.99 Å². The Morgan fingerprint density at radius 2 is 1.78 bits per heavy atom. The Morgan fingerprint density at radius 1 is 1.17 bits per heavy atom. The molecule has 23 heavy (non-hydrogen) atoms. The van der Waals surface area contributed by atoms with Crippen molar-refractivity contribution in [3.8, 4) is 0 Å². The van der Waals surface area contributed by atoms with Crippen LogP contribution in [-0.4, -0.2) is 74.0 Å². The first-order chi connectivity index (χ1) is 10.4. The molecule has 1 aliphatic heterocycles. The number of carbonyl (C=O) groups excluding carboxylic acids is 1.